The molecule has 112 valence electrons. The van der Waals surface area contributed by atoms with Crippen molar-refractivity contribution in [3.05, 3.63) is 35.6 Å². The topological polar surface area (TPSA) is 69.6 Å². The third kappa shape index (κ3) is 2.24. The summed E-state index contributed by atoms with van der Waals surface area (Å²) >= 11 is 0. The summed E-state index contributed by atoms with van der Waals surface area (Å²) in [5, 5.41) is 12.1. The lowest BCUT2D eigenvalue weighted by Gasteiger charge is -2.40. The van der Waals surface area contributed by atoms with Gasteiger partial charge in [-0.3, -0.25) is 4.79 Å². The summed E-state index contributed by atoms with van der Waals surface area (Å²) in [4.78, 5) is 24.9. The minimum Gasteiger partial charge on any atom is -0.465 e. The first kappa shape index (κ1) is 13.9. The molecule has 1 spiro atoms. The van der Waals surface area contributed by atoms with Gasteiger partial charge in [-0.05, 0) is 30.5 Å². The molecule has 1 aromatic carbocycles. The lowest BCUT2D eigenvalue weighted by molar-refractivity contribution is -0.130. The quantitative estimate of drug-likeness (QED) is 0.829. The lowest BCUT2D eigenvalue weighted by atomic mass is 9.69. The summed E-state index contributed by atoms with van der Waals surface area (Å²) in [7, 11) is 0. The van der Waals surface area contributed by atoms with Gasteiger partial charge in [0.15, 0.2) is 0 Å². The summed E-state index contributed by atoms with van der Waals surface area (Å²) in [6.07, 6.45) is 0.328. The minimum atomic E-state index is -0.994. The van der Waals surface area contributed by atoms with E-state index in [0.717, 1.165) is 5.56 Å². The zero-order chi connectivity index (χ0) is 15.0. The van der Waals surface area contributed by atoms with Gasteiger partial charge in [0.25, 0.3) is 0 Å². The van der Waals surface area contributed by atoms with Crippen LogP contribution in [-0.2, 0) is 4.79 Å². The zero-order valence-corrected chi connectivity index (χ0v) is 11.5. The molecule has 2 unspecified atom stereocenters. The Hall–Kier alpha value is -2.11. The first-order valence-electron chi connectivity index (χ1n) is 7.04. The molecule has 6 heteroatoms. The molecule has 2 amide bonds. The summed E-state index contributed by atoms with van der Waals surface area (Å²) in [6.45, 7) is 1.13. The van der Waals surface area contributed by atoms with E-state index in [1.54, 1.807) is 12.1 Å². The van der Waals surface area contributed by atoms with E-state index in [4.69, 9.17) is 0 Å². The van der Waals surface area contributed by atoms with Crippen LogP contribution in [0, 0.1) is 11.2 Å². The predicted octanol–water partition coefficient (Wildman–Crippen LogP) is 1.80. The molecular weight excluding hydrogens is 275 g/mol. The number of rotatable bonds is 1. The first-order chi connectivity index (χ1) is 10.0. The Morgan fingerprint density at radius 1 is 1.38 bits per heavy atom. The number of carboxylic acid groups (broad SMARTS) is 1. The average molecular weight is 292 g/mol. The monoisotopic (exact) mass is 292 g/mol. The van der Waals surface area contributed by atoms with Crippen LogP contribution in [0.4, 0.5) is 9.18 Å². The maximum atomic E-state index is 13.1. The van der Waals surface area contributed by atoms with Gasteiger partial charge in [0.05, 0.1) is 5.41 Å². The van der Waals surface area contributed by atoms with E-state index in [1.165, 1.54) is 17.0 Å². The fraction of sp³-hybridized carbons (Fsp3) is 0.467. The molecule has 2 fully saturated rings. The molecule has 1 aromatic rings. The van der Waals surface area contributed by atoms with Crippen molar-refractivity contribution < 1.29 is 19.1 Å². The van der Waals surface area contributed by atoms with Crippen LogP contribution in [0.15, 0.2) is 24.3 Å². The van der Waals surface area contributed by atoms with Gasteiger partial charge in [-0.25, -0.2) is 9.18 Å². The SMILES string of the molecule is O=C(O)N1CCCC2(C1)C(=O)NCC2c1ccc(F)cc1. The number of carbonyl (C=O) groups excluding carboxylic acids is 1. The summed E-state index contributed by atoms with van der Waals surface area (Å²) < 4.78 is 13.1. The summed E-state index contributed by atoms with van der Waals surface area (Å²) in [5.74, 6) is -0.531. The number of nitrogens with zero attached hydrogens (tertiary/aromatic N) is 1. The Bertz CT molecular complexity index is 575. The number of piperidine rings is 1. The normalized spacial score (nSPS) is 28.7. The molecule has 2 aliphatic rings. The number of halogens is 1. The maximum absolute atomic E-state index is 13.1. The Morgan fingerprint density at radius 3 is 2.76 bits per heavy atom. The molecule has 0 aliphatic carbocycles. The fourth-order valence-corrected chi connectivity index (χ4v) is 3.57. The Morgan fingerprint density at radius 2 is 2.10 bits per heavy atom. The third-order valence-corrected chi connectivity index (χ3v) is 4.65. The zero-order valence-electron chi connectivity index (χ0n) is 11.5. The second-order valence-electron chi connectivity index (χ2n) is 5.78. The van der Waals surface area contributed by atoms with Crippen molar-refractivity contribution in [2.45, 2.75) is 18.8 Å². The number of nitrogens with one attached hydrogen (secondary N) is 1. The molecule has 2 aliphatic heterocycles. The molecule has 21 heavy (non-hydrogen) atoms. The second kappa shape index (κ2) is 5.02. The highest BCUT2D eigenvalue weighted by Gasteiger charge is 2.53. The number of hydrogen-bond donors (Lipinski definition) is 2. The van der Waals surface area contributed by atoms with Crippen molar-refractivity contribution in [3.8, 4) is 0 Å². The average Bonchev–Trinajstić information content (AvgIpc) is 2.77. The maximum Gasteiger partial charge on any atom is 0.407 e. The van der Waals surface area contributed by atoms with Crippen LogP contribution in [0.1, 0.15) is 24.3 Å². The van der Waals surface area contributed by atoms with E-state index in [0.29, 0.717) is 25.9 Å². The molecule has 2 saturated heterocycles. The Labute approximate surface area is 121 Å². The second-order valence-corrected chi connectivity index (χ2v) is 5.78. The number of likely N-dealkylation sites (tertiary alicyclic amines) is 1. The van der Waals surface area contributed by atoms with E-state index < -0.39 is 11.5 Å². The highest BCUT2D eigenvalue weighted by Crippen LogP contribution is 2.46. The molecular formula is C15H17FN2O3. The molecule has 0 aromatic heterocycles. The van der Waals surface area contributed by atoms with Gasteiger partial charge in [0.1, 0.15) is 5.82 Å². The summed E-state index contributed by atoms with van der Waals surface area (Å²) in [6, 6.07) is 6.12. The molecule has 3 rings (SSSR count). The number of hydrogen-bond acceptors (Lipinski definition) is 2. The van der Waals surface area contributed by atoms with Crippen molar-refractivity contribution >= 4 is 12.0 Å². The van der Waals surface area contributed by atoms with Gasteiger partial charge in [-0.2, -0.15) is 0 Å². The Balaban J connectivity index is 1.95. The molecule has 0 radical (unpaired) electrons. The van der Waals surface area contributed by atoms with Gasteiger partial charge >= 0.3 is 6.09 Å². The molecule has 0 bridgehead atoms. The molecule has 2 atom stereocenters. The van der Waals surface area contributed by atoms with E-state index in [9.17, 15) is 19.1 Å². The minimum absolute atomic E-state index is 0.0947. The fourth-order valence-electron chi connectivity index (χ4n) is 3.57. The van der Waals surface area contributed by atoms with Crippen molar-refractivity contribution in [1.82, 2.24) is 10.2 Å². The Kier molecular flexibility index (Phi) is 3.31. The van der Waals surface area contributed by atoms with Crippen molar-refractivity contribution in [2.75, 3.05) is 19.6 Å². The van der Waals surface area contributed by atoms with Gasteiger partial charge in [0, 0.05) is 25.6 Å². The number of carbonyl (C=O) groups is 2. The van der Waals surface area contributed by atoms with Crippen LogP contribution in [-0.4, -0.2) is 41.6 Å². The van der Waals surface area contributed by atoms with E-state index in [-0.39, 0.29) is 24.2 Å². The van der Waals surface area contributed by atoms with Crippen LogP contribution >= 0.6 is 0 Å². The van der Waals surface area contributed by atoms with Crippen LogP contribution in [0.2, 0.25) is 0 Å². The van der Waals surface area contributed by atoms with Gasteiger partial charge in [-0.15, -0.1) is 0 Å². The lowest BCUT2D eigenvalue weighted by Crippen LogP contribution is -2.51. The number of benzene rings is 1. The van der Waals surface area contributed by atoms with Crippen LogP contribution in [0.25, 0.3) is 0 Å². The molecule has 2 heterocycles. The van der Waals surface area contributed by atoms with Gasteiger partial charge in [0.2, 0.25) is 5.91 Å². The molecule has 5 nitrogen and oxygen atoms in total. The van der Waals surface area contributed by atoms with Crippen LogP contribution in [0.5, 0.6) is 0 Å². The van der Waals surface area contributed by atoms with Gasteiger partial charge in [-0.1, -0.05) is 12.1 Å². The predicted molar refractivity (Wildman–Crippen MR) is 73.4 cm³/mol. The first-order valence-corrected chi connectivity index (χ1v) is 7.04. The van der Waals surface area contributed by atoms with E-state index >= 15 is 0 Å². The van der Waals surface area contributed by atoms with Crippen LogP contribution < -0.4 is 5.32 Å². The smallest absolute Gasteiger partial charge is 0.407 e. The van der Waals surface area contributed by atoms with Crippen molar-refractivity contribution in [2.24, 2.45) is 5.41 Å². The standard InChI is InChI=1S/C15H17FN2O3/c16-11-4-2-10(3-5-11)12-8-17-13(19)15(12)6-1-7-18(9-15)14(20)21/h2-5,12H,1,6-9H2,(H,17,19)(H,20,21). The van der Waals surface area contributed by atoms with Crippen LogP contribution in [0.3, 0.4) is 0 Å². The number of amides is 2. The summed E-state index contributed by atoms with van der Waals surface area (Å²) in [5.41, 5.74) is 0.149. The highest BCUT2D eigenvalue weighted by molar-refractivity contribution is 5.87. The third-order valence-electron chi connectivity index (χ3n) is 4.65. The molecule has 2 N–H and O–H groups in total. The molecule has 0 saturated carbocycles. The van der Waals surface area contributed by atoms with E-state index in [1.807, 2.05) is 0 Å². The highest BCUT2D eigenvalue weighted by atomic mass is 19.1. The van der Waals surface area contributed by atoms with Crippen molar-refractivity contribution in [1.29, 1.82) is 0 Å². The van der Waals surface area contributed by atoms with Crippen molar-refractivity contribution in [3.63, 3.8) is 0 Å². The van der Waals surface area contributed by atoms with E-state index in [2.05, 4.69) is 5.32 Å². The largest absolute Gasteiger partial charge is 0.465 e. The van der Waals surface area contributed by atoms with Gasteiger partial charge < -0.3 is 15.3 Å².